The number of nitrogens with one attached hydrogen (secondary N) is 1. The maximum atomic E-state index is 4.53. The SMILES string of the molecule is c1ccc(-c2nccnc2NC2(c3ccccc3)CC2)cc1. The van der Waals surface area contributed by atoms with Crippen molar-refractivity contribution in [1.29, 1.82) is 0 Å². The lowest BCUT2D eigenvalue weighted by Gasteiger charge is -2.20. The van der Waals surface area contributed by atoms with Gasteiger partial charge < -0.3 is 5.32 Å². The van der Waals surface area contributed by atoms with Crippen LogP contribution >= 0.6 is 0 Å². The number of anilines is 1. The van der Waals surface area contributed by atoms with Crippen LogP contribution in [0.1, 0.15) is 18.4 Å². The third-order valence-corrected chi connectivity index (χ3v) is 4.18. The molecule has 0 unspecified atom stereocenters. The van der Waals surface area contributed by atoms with Crippen molar-refractivity contribution in [2.75, 3.05) is 5.32 Å². The normalized spacial score (nSPS) is 15.3. The predicted molar refractivity (Wildman–Crippen MR) is 88.4 cm³/mol. The molecule has 3 aromatic rings. The smallest absolute Gasteiger partial charge is 0.153 e. The van der Waals surface area contributed by atoms with Gasteiger partial charge in [0, 0.05) is 18.0 Å². The Bertz CT molecular complexity index is 765. The quantitative estimate of drug-likeness (QED) is 0.779. The molecule has 0 spiro atoms. The van der Waals surface area contributed by atoms with E-state index in [-0.39, 0.29) is 5.54 Å². The van der Waals surface area contributed by atoms with Crippen molar-refractivity contribution in [2.24, 2.45) is 0 Å². The Morgan fingerprint density at radius 1 is 0.773 bits per heavy atom. The van der Waals surface area contributed by atoms with Crippen LogP contribution < -0.4 is 5.32 Å². The van der Waals surface area contributed by atoms with Crippen molar-refractivity contribution in [3.8, 4) is 11.3 Å². The third-order valence-electron chi connectivity index (χ3n) is 4.18. The highest BCUT2D eigenvalue weighted by Gasteiger charge is 2.44. The summed E-state index contributed by atoms with van der Waals surface area (Å²) in [6, 6.07) is 20.8. The Morgan fingerprint density at radius 3 is 2.09 bits per heavy atom. The molecule has 1 aliphatic rings. The molecule has 1 aliphatic carbocycles. The lowest BCUT2D eigenvalue weighted by molar-refractivity contribution is 0.799. The molecule has 1 N–H and O–H groups in total. The number of hydrogen-bond donors (Lipinski definition) is 1. The summed E-state index contributed by atoms with van der Waals surface area (Å²) < 4.78 is 0. The van der Waals surface area contributed by atoms with E-state index in [4.69, 9.17) is 0 Å². The standard InChI is InChI=1S/C19H17N3/c1-3-7-15(8-4-1)17-18(21-14-13-20-17)22-19(11-12-19)16-9-5-2-6-10-16/h1-10,13-14H,11-12H2,(H,21,22). The first-order valence-corrected chi connectivity index (χ1v) is 7.58. The number of nitrogens with zero attached hydrogens (tertiary/aromatic N) is 2. The minimum Gasteiger partial charge on any atom is -0.359 e. The van der Waals surface area contributed by atoms with Gasteiger partial charge in [0.15, 0.2) is 5.82 Å². The van der Waals surface area contributed by atoms with E-state index < -0.39 is 0 Å². The highest BCUT2D eigenvalue weighted by atomic mass is 15.1. The van der Waals surface area contributed by atoms with Crippen LogP contribution in [0.3, 0.4) is 0 Å². The minimum absolute atomic E-state index is 0.0147. The zero-order chi connectivity index (χ0) is 14.8. The lowest BCUT2D eigenvalue weighted by atomic mass is 10.0. The van der Waals surface area contributed by atoms with Crippen LogP contribution in [0.25, 0.3) is 11.3 Å². The fourth-order valence-electron chi connectivity index (χ4n) is 2.83. The lowest BCUT2D eigenvalue weighted by Crippen LogP contribution is -2.20. The Hall–Kier alpha value is -2.68. The molecule has 0 saturated heterocycles. The van der Waals surface area contributed by atoms with E-state index in [1.807, 2.05) is 18.2 Å². The molecule has 22 heavy (non-hydrogen) atoms. The average Bonchev–Trinajstić information content (AvgIpc) is 3.38. The van der Waals surface area contributed by atoms with Gasteiger partial charge in [0.25, 0.3) is 0 Å². The second-order valence-corrected chi connectivity index (χ2v) is 5.69. The first-order valence-electron chi connectivity index (χ1n) is 7.58. The number of hydrogen-bond acceptors (Lipinski definition) is 3. The summed E-state index contributed by atoms with van der Waals surface area (Å²) >= 11 is 0. The van der Waals surface area contributed by atoms with Crippen LogP contribution in [0.4, 0.5) is 5.82 Å². The Labute approximate surface area is 130 Å². The zero-order valence-electron chi connectivity index (χ0n) is 12.2. The van der Waals surface area contributed by atoms with E-state index in [9.17, 15) is 0 Å². The Morgan fingerprint density at radius 2 is 1.41 bits per heavy atom. The second-order valence-electron chi connectivity index (χ2n) is 5.69. The minimum atomic E-state index is 0.0147. The monoisotopic (exact) mass is 287 g/mol. The molecular weight excluding hydrogens is 270 g/mol. The van der Waals surface area contributed by atoms with Gasteiger partial charge in [-0.1, -0.05) is 60.7 Å². The first kappa shape index (κ1) is 13.0. The largest absolute Gasteiger partial charge is 0.359 e. The molecule has 0 bridgehead atoms. The van der Waals surface area contributed by atoms with E-state index in [0.717, 1.165) is 29.9 Å². The molecule has 1 saturated carbocycles. The zero-order valence-corrected chi connectivity index (χ0v) is 12.2. The second kappa shape index (κ2) is 5.26. The van der Waals surface area contributed by atoms with Crippen molar-refractivity contribution in [3.05, 3.63) is 78.6 Å². The topological polar surface area (TPSA) is 37.8 Å². The summed E-state index contributed by atoms with van der Waals surface area (Å²) in [6.07, 6.45) is 5.75. The molecule has 0 radical (unpaired) electrons. The van der Waals surface area contributed by atoms with Gasteiger partial charge >= 0.3 is 0 Å². The summed E-state index contributed by atoms with van der Waals surface area (Å²) in [5, 5.41) is 3.64. The van der Waals surface area contributed by atoms with Crippen molar-refractivity contribution in [3.63, 3.8) is 0 Å². The highest BCUT2D eigenvalue weighted by molar-refractivity contribution is 5.72. The molecule has 1 aromatic heterocycles. The van der Waals surface area contributed by atoms with Crippen molar-refractivity contribution >= 4 is 5.82 Å². The summed E-state index contributed by atoms with van der Waals surface area (Å²) in [5.41, 5.74) is 3.33. The number of benzene rings is 2. The van der Waals surface area contributed by atoms with E-state index in [1.165, 1.54) is 5.56 Å². The molecule has 2 aromatic carbocycles. The molecule has 0 aliphatic heterocycles. The summed E-state index contributed by atoms with van der Waals surface area (Å²) in [5.74, 6) is 0.857. The summed E-state index contributed by atoms with van der Waals surface area (Å²) in [4.78, 5) is 9.06. The molecule has 108 valence electrons. The first-order chi connectivity index (χ1) is 10.9. The van der Waals surface area contributed by atoms with Crippen molar-refractivity contribution in [2.45, 2.75) is 18.4 Å². The predicted octanol–water partition coefficient (Wildman–Crippen LogP) is 4.24. The van der Waals surface area contributed by atoms with Gasteiger partial charge in [-0.25, -0.2) is 4.98 Å². The fourth-order valence-corrected chi connectivity index (χ4v) is 2.83. The van der Waals surface area contributed by atoms with Gasteiger partial charge in [0.05, 0.1) is 5.54 Å². The third kappa shape index (κ3) is 2.35. The fraction of sp³-hybridized carbons (Fsp3) is 0.158. The van der Waals surface area contributed by atoms with Crippen LogP contribution in [-0.4, -0.2) is 9.97 Å². The molecule has 3 nitrogen and oxygen atoms in total. The van der Waals surface area contributed by atoms with Crippen LogP contribution in [-0.2, 0) is 5.54 Å². The van der Waals surface area contributed by atoms with Gasteiger partial charge in [-0.05, 0) is 18.4 Å². The van der Waals surface area contributed by atoms with Gasteiger partial charge in [0.2, 0.25) is 0 Å². The number of rotatable bonds is 4. The van der Waals surface area contributed by atoms with Gasteiger partial charge in [0.1, 0.15) is 5.69 Å². The van der Waals surface area contributed by atoms with Crippen molar-refractivity contribution < 1.29 is 0 Å². The molecule has 0 amide bonds. The maximum absolute atomic E-state index is 4.53. The van der Waals surface area contributed by atoms with E-state index in [2.05, 4.69) is 57.7 Å². The van der Waals surface area contributed by atoms with E-state index in [1.54, 1.807) is 12.4 Å². The van der Waals surface area contributed by atoms with Crippen molar-refractivity contribution in [1.82, 2.24) is 9.97 Å². The molecule has 0 atom stereocenters. The summed E-state index contributed by atoms with van der Waals surface area (Å²) in [6.45, 7) is 0. The maximum Gasteiger partial charge on any atom is 0.153 e. The average molecular weight is 287 g/mol. The highest BCUT2D eigenvalue weighted by Crippen LogP contribution is 2.48. The molecule has 1 fully saturated rings. The van der Waals surface area contributed by atoms with Gasteiger partial charge in [-0.15, -0.1) is 0 Å². The van der Waals surface area contributed by atoms with Gasteiger partial charge in [-0.2, -0.15) is 0 Å². The van der Waals surface area contributed by atoms with E-state index >= 15 is 0 Å². The number of aromatic nitrogens is 2. The Balaban J connectivity index is 1.70. The summed E-state index contributed by atoms with van der Waals surface area (Å²) in [7, 11) is 0. The molecule has 1 heterocycles. The van der Waals surface area contributed by atoms with Crippen LogP contribution in [0, 0.1) is 0 Å². The van der Waals surface area contributed by atoms with Gasteiger partial charge in [-0.3, -0.25) is 4.98 Å². The molecule has 4 rings (SSSR count). The molecular formula is C19H17N3. The van der Waals surface area contributed by atoms with Crippen LogP contribution in [0.2, 0.25) is 0 Å². The molecule has 3 heteroatoms. The Kier molecular flexibility index (Phi) is 3.11. The van der Waals surface area contributed by atoms with Crippen LogP contribution in [0.15, 0.2) is 73.1 Å². The van der Waals surface area contributed by atoms with E-state index in [0.29, 0.717) is 0 Å². The van der Waals surface area contributed by atoms with Crippen LogP contribution in [0.5, 0.6) is 0 Å².